The number of aliphatic hydroxyl groups is 1. The Morgan fingerprint density at radius 2 is 1.95 bits per heavy atom. The molecule has 0 radical (unpaired) electrons. The van der Waals surface area contributed by atoms with Crippen molar-refractivity contribution in [3.05, 3.63) is 35.4 Å². The summed E-state index contributed by atoms with van der Waals surface area (Å²) in [6, 6.07) is 3.66. The number of amides is 1. The van der Waals surface area contributed by atoms with Crippen LogP contribution in [0.2, 0.25) is 0 Å². The molecule has 0 bridgehead atoms. The molecule has 0 aliphatic heterocycles. The van der Waals surface area contributed by atoms with Gasteiger partial charge in [0.1, 0.15) is 0 Å². The summed E-state index contributed by atoms with van der Waals surface area (Å²) in [7, 11) is 0. The molecule has 19 heavy (non-hydrogen) atoms. The third-order valence-electron chi connectivity index (χ3n) is 2.19. The van der Waals surface area contributed by atoms with Crippen molar-refractivity contribution in [2.75, 3.05) is 6.54 Å². The van der Waals surface area contributed by atoms with Crippen LogP contribution in [-0.4, -0.2) is 34.7 Å². The van der Waals surface area contributed by atoms with Gasteiger partial charge in [0.25, 0.3) is 5.91 Å². The lowest BCUT2D eigenvalue weighted by molar-refractivity contribution is -0.146. The lowest BCUT2D eigenvalue weighted by atomic mass is 10.1. The maximum Gasteiger partial charge on any atom is 0.416 e. The Kier molecular flexibility index (Phi) is 4.49. The van der Waals surface area contributed by atoms with Crippen LogP contribution in [-0.2, 0) is 11.0 Å². The average Bonchev–Trinajstić information content (AvgIpc) is 2.34. The number of aliphatic carboxylic acids is 1. The van der Waals surface area contributed by atoms with Gasteiger partial charge in [-0.3, -0.25) is 4.79 Å². The van der Waals surface area contributed by atoms with Gasteiger partial charge in [-0.05, 0) is 18.2 Å². The van der Waals surface area contributed by atoms with Crippen molar-refractivity contribution in [1.29, 1.82) is 0 Å². The van der Waals surface area contributed by atoms with Gasteiger partial charge in [-0.2, -0.15) is 13.2 Å². The molecule has 1 atom stereocenters. The lowest BCUT2D eigenvalue weighted by Gasteiger charge is -2.10. The topological polar surface area (TPSA) is 86.6 Å². The standard InChI is InChI=1S/C11H10F3NO4/c12-11(13,14)7-3-1-2-6(4-7)9(17)15-5-8(16)10(18)19/h1-4,8,16H,5H2,(H,15,17)(H,18,19)/t8-/m0/s1. The summed E-state index contributed by atoms with van der Waals surface area (Å²) in [5, 5.41) is 19.3. The number of hydrogen-bond donors (Lipinski definition) is 3. The Balaban J connectivity index is 2.75. The van der Waals surface area contributed by atoms with Crippen molar-refractivity contribution < 1.29 is 33.0 Å². The van der Waals surface area contributed by atoms with Crippen LogP contribution in [0.4, 0.5) is 13.2 Å². The van der Waals surface area contributed by atoms with E-state index in [-0.39, 0.29) is 5.56 Å². The number of aliphatic hydroxyl groups excluding tert-OH is 1. The van der Waals surface area contributed by atoms with Gasteiger partial charge in [-0.25, -0.2) is 4.79 Å². The summed E-state index contributed by atoms with van der Waals surface area (Å²) in [4.78, 5) is 21.8. The number of carbonyl (C=O) groups is 2. The van der Waals surface area contributed by atoms with Crippen LogP contribution in [0.5, 0.6) is 0 Å². The normalized spacial score (nSPS) is 12.8. The van der Waals surface area contributed by atoms with Crippen LogP contribution in [0.25, 0.3) is 0 Å². The number of rotatable bonds is 4. The molecule has 0 aromatic heterocycles. The average molecular weight is 277 g/mol. The fourth-order valence-electron chi connectivity index (χ4n) is 1.22. The van der Waals surface area contributed by atoms with E-state index in [4.69, 9.17) is 10.2 Å². The van der Waals surface area contributed by atoms with Crippen molar-refractivity contribution in [1.82, 2.24) is 5.32 Å². The fraction of sp³-hybridized carbons (Fsp3) is 0.273. The molecular formula is C11H10F3NO4. The van der Waals surface area contributed by atoms with Crippen LogP contribution in [0.15, 0.2) is 24.3 Å². The Hall–Kier alpha value is -2.09. The molecule has 1 amide bonds. The summed E-state index contributed by atoms with van der Waals surface area (Å²) in [5.41, 5.74) is -1.26. The van der Waals surface area contributed by atoms with Gasteiger partial charge >= 0.3 is 12.1 Å². The first-order valence-electron chi connectivity index (χ1n) is 5.08. The van der Waals surface area contributed by atoms with Gasteiger partial charge in [0, 0.05) is 5.56 Å². The van der Waals surface area contributed by atoms with Crippen LogP contribution in [0, 0.1) is 0 Å². The lowest BCUT2D eigenvalue weighted by Crippen LogP contribution is -2.36. The number of benzene rings is 1. The first kappa shape index (κ1) is 15.0. The largest absolute Gasteiger partial charge is 0.479 e. The van der Waals surface area contributed by atoms with E-state index >= 15 is 0 Å². The molecule has 0 fully saturated rings. The smallest absolute Gasteiger partial charge is 0.416 e. The van der Waals surface area contributed by atoms with Crippen LogP contribution in [0.3, 0.4) is 0 Å². The maximum absolute atomic E-state index is 12.4. The molecule has 0 aliphatic carbocycles. The maximum atomic E-state index is 12.4. The molecule has 3 N–H and O–H groups in total. The monoisotopic (exact) mass is 277 g/mol. The van der Waals surface area contributed by atoms with Gasteiger partial charge in [0.05, 0.1) is 12.1 Å². The van der Waals surface area contributed by atoms with E-state index in [0.717, 1.165) is 18.2 Å². The summed E-state index contributed by atoms with van der Waals surface area (Å²) < 4.78 is 37.2. The molecule has 5 nitrogen and oxygen atoms in total. The first-order chi connectivity index (χ1) is 8.71. The number of carboxylic acid groups (broad SMARTS) is 1. The number of carboxylic acids is 1. The summed E-state index contributed by atoms with van der Waals surface area (Å²) in [6.07, 6.45) is -6.38. The molecule has 1 aromatic rings. The molecular weight excluding hydrogens is 267 g/mol. The second-order valence-electron chi connectivity index (χ2n) is 3.64. The van der Waals surface area contributed by atoms with Crippen molar-refractivity contribution >= 4 is 11.9 Å². The van der Waals surface area contributed by atoms with Crippen molar-refractivity contribution in [3.8, 4) is 0 Å². The minimum Gasteiger partial charge on any atom is -0.479 e. The molecule has 1 aromatic carbocycles. The third kappa shape index (κ3) is 4.25. The van der Waals surface area contributed by atoms with Crippen molar-refractivity contribution in [3.63, 3.8) is 0 Å². The van der Waals surface area contributed by atoms with Gasteiger partial charge < -0.3 is 15.5 Å². The van der Waals surface area contributed by atoms with Gasteiger partial charge in [-0.15, -0.1) is 0 Å². The Morgan fingerprint density at radius 1 is 1.32 bits per heavy atom. The number of alkyl halides is 3. The zero-order valence-electron chi connectivity index (χ0n) is 9.44. The zero-order valence-corrected chi connectivity index (χ0v) is 9.44. The minimum absolute atomic E-state index is 0.271. The van der Waals surface area contributed by atoms with Crippen molar-refractivity contribution in [2.24, 2.45) is 0 Å². The van der Waals surface area contributed by atoms with Crippen LogP contribution < -0.4 is 5.32 Å². The van der Waals surface area contributed by atoms with Crippen LogP contribution >= 0.6 is 0 Å². The van der Waals surface area contributed by atoms with E-state index < -0.39 is 36.3 Å². The molecule has 0 aliphatic rings. The van der Waals surface area contributed by atoms with Gasteiger partial charge in [0.15, 0.2) is 6.10 Å². The second kappa shape index (κ2) is 5.70. The molecule has 0 unspecified atom stereocenters. The quantitative estimate of drug-likeness (QED) is 0.762. The SMILES string of the molecule is O=C(NC[C@H](O)C(=O)O)c1cccc(C(F)(F)F)c1. The zero-order chi connectivity index (χ0) is 14.6. The predicted octanol–water partition coefficient (Wildman–Crippen LogP) is 0.881. The highest BCUT2D eigenvalue weighted by Gasteiger charge is 2.30. The Bertz CT molecular complexity index is 487. The molecule has 0 spiro atoms. The fourth-order valence-corrected chi connectivity index (χ4v) is 1.22. The van der Waals surface area contributed by atoms with E-state index in [1.54, 1.807) is 0 Å². The number of hydrogen-bond acceptors (Lipinski definition) is 3. The molecule has 104 valence electrons. The molecule has 1 rings (SSSR count). The summed E-state index contributed by atoms with van der Waals surface area (Å²) >= 11 is 0. The highest BCUT2D eigenvalue weighted by molar-refractivity contribution is 5.94. The van der Waals surface area contributed by atoms with E-state index in [1.807, 2.05) is 5.32 Å². The van der Waals surface area contributed by atoms with Gasteiger partial charge in [0.2, 0.25) is 0 Å². The highest BCUT2D eigenvalue weighted by atomic mass is 19.4. The third-order valence-corrected chi connectivity index (χ3v) is 2.19. The van der Waals surface area contributed by atoms with Crippen molar-refractivity contribution in [2.45, 2.75) is 12.3 Å². The molecule has 0 heterocycles. The first-order valence-corrected chi connectivity index (χ1v) is 5.08. The number of carbonyl (C=O) groups excluding carboxylic acids is 1. The predicted molar refractivity (Wildman–Crippen MR) is 57.4 cm³/mol. The highest BCUT2D eigenvalue weighted by Crippen LogP contribution is 2.29. The summed E-state index contributed by atoms with van der Waals surface area (Å²) in [6.45, 7) is -0.593. The van der Waals surface area contributed by atoms with E-state index in [0.29, 0.717) is 6.07 Å². The number of halogens is 3. The minimum atomic E-state index is -4.57. The molecule has 0 saturated heterocycles. The second-order valence-corrected chi connectivity index (χ2v) is 3.64. The van der Waals surface area contributed by atoms with E-state index in [1.165, 1.54) is 0 Å². The van der Waals surface area contributed by atoms with Gasteiger partial charge in [-0.1, -0.05) is 6.07 Å². The van der Waals surface area contributed by atoms with E-state index in [2.05, 4.69) is 0 Å². The van der Waals surface area contributed by atoms with Crippen LogP contribution in [0.1, 0.15) is 15.9 Å². The van der Waals surface area contributed by atoms with E-state index in [9.17, 15) is 22.8 Å². The Morgan fingerprint density at radius 3 is 2.47 bits per heavy atom. The molecule has 0 saturated carbocycles. The molecule has 8 heteroatoms. The Labute approximate surface area is 105 Å². The number of nitrogens with one attached hydrogen (secondary N) is 1. The summed E-state index contributed by atoms with van der Waals surface area (Å²) in [5.74, 6) is -2.43.